The minimum Gasteiger partial charge on any atom is -0.495 e. The number of unbranched alkanes of at least 4 members (excludes halogenated alkanes) is 1. The van der Waals surface area contributed by atoms with E-state index in [0.717, 1.165) is 12.3 Å². The van der Waals surface area contributed by atoms with Gasteiger partial charge in [-0.15, -0.1) is 0 Å². The van der Waals surface area contributed by atoms with Gasteiger partial charge in [0.05, 0.1) is 12.1 Å². The Bertz CT molecular complexity index is 341. The Balaban J connectivity index is 2.44. The van der Waals surface area contributed by atoms with Gasteiger partial charge in [0.15, 0.2) is 0 Å². The van der Waals surface area contributed by atoms with Crippen molar-refractivity contribution >= 4 is 11.6 Å². The van der Waals surface area contributed by atoms with Gasteiger partial charge in [-0.2, -0.15) is 0 Å². The smallest absolute Gasteiger partial charge is 0.137 e. The van der Waals surface area contributed by atoms with E-state index in [0.29, 0.717) is 11.1 Å². The fraction of sp³-hybridized carbons (Fsp3) is 0.571. The number of nitrogens with one attached hydrogen (secondary N) is 1. The van der Waals surface area contributed by atoms with Crippen LogP contribution in [0.3, 0.4) is 0 Å². The highest BCUT2D eigenvalue weighted by atomic mass is 35.5. The third kappa shape index (κ3) is 4.97. The first kappa shape index (κ1) is 14.3. The van der Waals surface area contributed by atoms with E-state index >= 15 is 0 Å². The van der Waals surface area contributed by atoms with E-state index in [2.05, 4.69) is 19.2 Å². The van der Waals surface area contributed by atoms with Crippen LogP contribution in [0.15, 0.2) is 18.2 Å². The molecule has 0 aliphatic carbocycles. The molecule has 2 nitrogen and oxygen atoms in total. The average Bonchev–Trinajstić information content (AvgIpc) is 2.34. The third-order valence-electron chi connectivity index (χ3n) is 2.86. The van der Waals surface area contributed by atoms with Crippen LogP contribution in [-0.4, -0.2) is 13.2 Å². The molecule has 0 bridgehead atoms. The van der Waals surface area contributed by atoms with Crippen LogP contribution in [0.4, 0.5) is 0 Å². The summed E-state index contributed by atoms with van der Waals surface area (Å²) in [7, 11) is 1.63. The van der Waals surface area contributed by atoms with Gasteiger partial charge in [0, 0.05) is 12.6 Å². The number of rotatable bonds is 7. The molecule has 1 aromatic carbocycles. The molecule has 0 saturated heterocycles. The maximum atomic E-state index is 6.08. The molecule has 17 heavy (non-hydrogen) atoms. The molecule has 0 saturated carbocycles. The molecule has 0 aliphatic rings. The van der Waals surface area contributed by atoms with Crippen LogP contribution < -0.4 is 10.1 Å². The molecular formula is C14H22ClNO. The second-order valence-corrected chi connectivity index (χ2v) is 4.80. The Labute approximate surface area is 109 Å². The maximum absolute atomic E-state index is 6.08. The highest BCUT2D eigenvalue weighted by Gasteiger charge is 2.04. The first-order valence-corrected chi connectivity index (χ1v) is 6.61. The van der Waals surface area contributed by atoms with E-state index in [1.165, 1.54) is 24.8 Å². The quantitative estimate of drug-likeness (QED) is 0.795. The minimum absolute atomic E-state index is 0.552. The summed E-state index contributed by atoms with van der Waals surface area (Å²) in [6.07, 6.45) is 3.75. The van der Waals surface area contributed by atoms with Crippen molar-refractivity contribution < 1.29 is 4.74 Å². The van der Waals surface area contributed by atoms with E-state index in [1.807, 2.05) is 18.2 Å². The Morgan fingerprint density at radius 2 is 2.18 bits per heavy atom. The lowest BCUT2D eigenvalue weighted by atomic mass is 10.1. The summed E-state index contributed by atoms with van der Waals surface area (Å²) in [5.41, 5.74) is 1.19. The molecule has 96 valence electrons. The summed E-state index contributed by atoms with van der Waals surface area (Å²) in [6, 6.07) is 6.47. The van der Waals surface area contributed by atoms with Gasteiger partial charge in [-0.3, -0.25) is 0 Å². The Morgan fingerprint density at radius 1 is 1.41 bits per heavy atom. The number of halogens is 1. The highest BCUT2D eigenvalue weighted by molar-refractivity contribution is 6.32. The van der Waals surface area contributed by atoms with Crippen LogP contribution in [0.25, 0.3) is 0 Å². The van der Waals surface area contributed by atoms with Gasteiger partial charge in [0.25, 0.3) is 0 Å². The molecule has 1 unspecified atom stereocenters. The molecule has 1 rings (SSSR count). The highest BCUT2D eigenvalue weighted by Crippen LogP contribution is 2.24. The number of ether oxygens (including phenoxy) is 1. The molecule has 1 atom stereocenters. The molecule has 3 heteroatoms. The predicted molar refractivity (Wildman–Crippen MR) is 73.8 cm³/mol. The molecule has 0 heterocycles. The molecule has 0 aliphatic heterocycles. The summed E-state index contributed by atoms with van der Waals surface area (Å²) in [4.78, 5) is 0. The second-order valence-electron chi connectivity index (χ2n) is 4.39. The van der Waals surface area contributed by atoms with Gasteiger partial charge in [-0.25, -0.2) is 0 Å². The van der Waals surface area contributed by atoms with Crippen molar-refractivity contribution in [3.8, 4) is 5.75 Å². The molecule has 1 N–H and O–H groups in total. The van der Waals surface area contributed by atoms with Gasteiger partial charge in [-0.1, -0.05) is 37.4 Å². The molecule has 0 spiro atoms. The predicted octanol–water partition coefficient (Wildman–Crippen LogP) is 4.02. The summed E-state index contributed by atoms with van der Waals surface area (Å²) in [5, 5.41) is 4.17. The normalized spacial score (nSPS) is 12.5. The van der Waals surface area contributed by atoms with E-state index < -0.39 is 0 Å². The van der Waals surface area contributed by atoms with Crippen molar-refractivity contribution in [1.82, 2.24) is 5.32 Å². The largest absolute Gasteiger partial charge is 0.495 e. The molecule has 0 amide bonds. The zero-order valence-corrected chi connectivity index (χ0v) is 11.7. The lowest BCUT2D eigenvalue weighted by Crippen LogP contribution is -2.25. The average molecular weight is 256 g/mol. The summed E-state index contributed by atoms with van der Waals surface area (Å²) >= 11 is 6.08. The molecule has 0 radical (unpaired) electrons. The van der Waals surface area contributed by atoms with Crippen LogP contribution in [-0.2, 0) is 6.54 Å². The van der Waals surface area contributed by atoms with Crippen molar-refractivity contribution in [3.05, 3.63) is 28.8 Å². The fourth-order valence-electron chi connectivity index (χ4n) is 1.72. The monoisotopic (exact) mass is 255 g/mol. The minimum atomic E-state index is 0.552. The zero-order valence-electron chi connectivity index (χ0n) is 10.9. The van der Waals surface area contributed by atoms with Crippen LogP contribution in [0, 0.1) is 0 Å². The Kier molecular flexibility index (Phi) is 6.38. The number of hydrogen-bond donors (Lipinski definition) is 1. The summed E-state index contributed by atoms with van der Waals surface area (Å²) in [5.74, 6) is 0.731. The van der Waals surface area contributed by atoms with E-state index in [4.69, 9.17) is 16.3 Å². The van der Waals surface area contributed by atoms with Crippen molar-refractivity contribution in [1.29, 1.82) is 0 Å². The van der Waals surface area contributed by atoms with Crippen LogP contribution >= 0.6 is 11.6 Å². The molecule has 0 aromatic heterocycles. The second kappa shape index (κ2) is 7.57. The fourth-order valence-corrected chi connectivity index (χ4v) is 2.00. The number of benzene rings is 1. The van der Waals surface area contributed by atoms with Crippen molar-refractivity contribution in [3.63, 3.8) is 0 Å². The van der Waals surface area contributed by atoms with Crippen LogP contribution in [0.1, 0.15) is 38.7 Å². The van der Waals surface area contributed by atoms with Gasteiger partial charge >= 0.3 is 0 Å². The summed E-state index contributed by atoms with van der Waals surface area (Å²) < 4.78 is 5.13. The van der Waals surface area contributed by atoms with Gasteiger partial charge in [-0.05, 0) is 31.0 Å². The Morgan fingerprint density at radius 3 is 2.76 bits per heavy atom. The molecule has 0 fully saturated rings. The number of methoxy groups -OCH3 is 1. The first-order chi connectivity index (χ1) is 8.17. The van der Waals surface area contributed by atoms with E-state index in [1.54, 1.807) is 7.11 Å². The maximum Gasteiger partial charge on any atom is 0.137 e. The SMILES string of the molecule is CCCCC(C)NCc1ccc(OC)c(Cl)c1. The lowest BCUT2D eigenvalue weighted by molar-refractivity contribution is 0.414. The van der Waals surface area contributed by atoms with Crippen molar-refractivity contribution in [2.24, 2.45) is 0 Å². The topological polar surface area (TPSA) is 21.3 Å². The van der Waals surface area contributed by atoms with Gasteiger partial charge in [0.2, 0.25) is 0 Å². The zero-order chi connectivity index (χ0) is 12.7. The lowest BCUT2D eigenvalue weighted by Gasteiger charge is -2.13. The molecule has 1 aromatic rings. The van der Waals surface area contributed by atoms with E-state index in [9.17, 15) is 0 Å². The van der Waals surface area contributed by atoms with Crippen LogP contribution in [0.5, 0.6) is 5.75 Å². The Hall–Kier alpha value is -0.730. The molecular weight excluding hydrogens is 234 g/mol. The van der Waals surface area contributed by atoms with Crippen molar-refractivity contribution in [2.75, 3.05) is 7.11 Å². The van der Waals surface area contributed by atoms with E-state index in [-0.39, 0.29) is 0 Å². The third-order valence-corrected chi connectivity index (χ3v) is 3.16. The van der Waals surface area contributed by atoms with Gasteiger partial charge in [0.1, 0.15) is 5.75 Å². The van der Waals surface area contributed by atoms with Crippen LogP contribution in [0.2, 0.25) is 5.02 Å². The number of hydrogen-bond acceptors (Lipinski definition) is 2. The van der Waals surface area contributed by atoms with Crippen molar-refractivity contribution in [2.45, 2.75) is 45.7 Å². The first-order valence-electron chi connectivity index (χ1n) is 6.23. The summed E-state index contributed by atoms with van der Waals surface area (Å²) in [6.45, 7) is 5.30. The van der Waals surface area contributed by atoms with Gasteiger partial charge < -0.3 is 10.1 Å². The standard InChI is InChI=1S/C14H22ClNO/c1-4-5-6-11(2)16-10-12-7-8-14(17-3)13(15)9-12/h7-9,11,16H,4-6,10H2,1-3H3.